The predicted octanol–water partition coefficient (Wildman–Crippen LogP) is 3.35. The first kappa shape index (κ1) is 21.0. The molecule has 0 saturated carbocycles. The number of benzene rings is 1. The van der Waals surface area contributed by atoms with Crippen LogP contribution in [0.15, 0.2) is 18.2 Å². The number of carbonyl (C=O) groups is 2. The fourth-order valence-electron chi connectivity index (χ4n) is 2.96. The number of hydrogen-bond donors (Lipinski definition) is 3. The van der Waals surface area contributed by atoms with Crippen molar-refractivity contribution in [2.75, 3.05) is 10.6 Å². The minimum absolute atomic E-state index is 0.154. The van der Waals surface area contributed by atoms with E-state index in [0.717, 1.165) is 52.6 Å². The van der Waals surface area contributed by atoms with Gasteiger partial charge in [0.15, 0.2) is 0 Å². The minimum atomic E-state index is -0.233. The molecule has 10 nitrogen and oxygen atoms in total. The van der Waals surface area contributed by atoms with E-state index >= 15 is 0 Å². The summed E-state index contributed by atoms with van der Waals surface area (Å²) in [5.74, 6) is 0.419. The van der Waals surface area contributed by atoms with Gasteiger partial charge in [0.2, 0.25) is 16.2 Å². The number of aromatic nitrogens is 6. The molecule has 3 aromatic heterocycles. The molecular weight excluding hydrogens is 436 g/mol. The van der Waals surface area contributed by atoms with Crippen LogP contribution in [0, 0.1) is 6.92 Å². The maximum Gasteiger partial charge on any atom is 0.257 e. The van der Waals surface area contributed by atoms with E-state index < -0.39 is 0 Å². The highest BCUT2D eigenvalue weighted by atomic mass is 32.1. The van der Waals surface area contributed by atoms with Crippen LogP contribution in [0.4, 0.5) is 10.3 Å². The summed E-state index contributed by atoms with van der Waals surface area (Å²) in [4.78, 5) is 31.0. The van der Waals surface area contributed by atoms with Crippen molar-refractivity contribution in [3.8, 4) is 0 Å². The van der Waals surface area contributed by atoms with E-state index in [2.05, 4.69) is 41.0 Å². The molecule has 0 radical (unpaired) electrons. The molecule has 0 aliphatic rings. The molecule has 3 heterocycles. The van der Waals surface area contributed by atoms with E-state index in [-0.39, 0.29) is 11.8 Å². The summed E-state index contributed by atoms with van der Waals surface area (Å²) in [7, 11) is 0. The largest absolute Gasteiger partial charge is 0.342 e. The second-order valence-electron chi connectivity index (χ2n) is 6.90. The minimum Gasteiger partial charge on any atom is -0.342 e. The number of unbranched alkanes of at least 4 members (excludes halogenated alkanes) is 1. The lowest BCUT2D eigenvalue weighted by atomic mass is 10.2. The summed E-state index contributed by atoms with van der Waals surface area (Å²) in [6.07, 6.45) is 3.38. The van der Waals surface area contributed by atoms with Gasteiger partial charge < -0.3 is 10.3 Å². The SMILES string of the molecule is CC(=O)Nc1nnc(CCCCc2nnc(NC(=O)c3ccc4nc(C)[nH]c4c3)s2)s1. The topological polar surface area (TPSA) is 138 Å². The molecule has 3 N–H and O–H groups in total. The van der Waals surface area contributed by atoms with Crippen molar-refractivity contribution in [2.45, 2.75) is 39.5 Å². The summed E-state index contributed by atoms with van der Waals surface area (Å²) < 4.78 is 0. The number of imidazole rings is 1. The van der Waals surface area contributed by atoms with Gasteiger partial charge in [0, 0.05) is 25.3 Å². The average molecular weight is 457 g/mol. The molecule has 0 unspecified atom stereocenters. The number of nitrogens with zero attached hydrogens (tertiary/aromatic N) is 5. The second-order valence-corrected chi connectivity index (χ2v) is 9.02. The summed E-state index contributed by atoms with van der Waals surface area (Å²) >= 11 is 2.76. The zero-order valence-electron chi connectivity index (χ0n) is 16.9. The fraction of sp³-hybridized carbons (Fsp3) is 0.316. The highest BCUT2D eigenvalue weighted by Gasteiger charge is 2.12. The Morgan fingerprint density at radius 2 is 1.61 bits per heavy atom. The smallest absolute Gasteiger partial charge is 0.257 e. The van der Waals surface area contributed by atoms with Gasteiger partial charge in [-0.25, -0.2) is 4.98 Å². The Labute approximate surface area is 185 Å². The number of aromatic amines is 1. The zero-order chi connectivity index (χ0) is 21.8. The Hall–Kier alpha value is -3.25. The van der Waals surface area contributed by atoms with E-state index in [1.54, 1.807) is 12.1 Å². The third-order valence-corrected chi connectivity index (χ3v) is 6.13. The molecule has 0 saturated heterocycles. The van der Waals surface area contributed by atoms with E-state index in [1.165, 1.54) is 29.6 Å². The molecule has 0 spiro atoms. The molecule has 1 aromatic carbocycles. The molecule has 0 fully saturated rings. The van der Waals surface area contributed by atoms with Gasteiger partial charge in [-0.05, 0) is 38.0 Å². The molecule has 31 heavy (non-hydrogen) atoms. The summed E-state index contributed by atoms with van der Waals surface area (Å²) in [5, 5.41) is 24.4. The van der Waals surface area contributed by atoms with Crippen LogP contribution in [0.1, 0.15) is 46.0 Å². The highest BCUT2D eigenvalue weighted by Crippen LogP contribution is 2.21. The monoisotopic (exact) mass is 456 g/mol. The van der Waals surface area contributed by atoms with E-state index in [4.69, 9.17) is 0 Å². The van der Waals surface area contributed by atoms with Crippen LogP contribution in [-0.2, 0) is 17.6 Å². The standard InChI is InChI=1S/C19H20N8O2S2/c1-10-20-13-8-7-12(9-14(13)21-10)17(29)23-19-27-25-16(31-19)6-4-3-5-15-24-26-18(30-15)22-11(2)28/h7-9H,3-6H2,1-2H3,(H,20,21)(H,22,26,28)(H,23,27,29). The first-order valence-electron chi connectivity index (χ1n) is 9.66. The average Bonchev–Trinajstić information content (AvgIpc) is 3.43. The Balaban J connectivity index is 1.25. The van der Waals surface area contributed by atoms with E-state index in [9.17, 15) is 9.59 Å². The van der Waals surface area contributed by atoms with Gasteiger partial charge in [-0.1, -0.05) is 22.7 Å². The molecule has 0 atom stereocenters. The van der Waals surface area contributed by atoms with Crippen LogP contribution < -0.4 is 10.6 Å². The molecule has 2 amide bonds. The third-order valence-electron chi connectivity index (χ3n) is 4.33. The van der Waals surface area contributed by atoms with Crippen molar-refractivity contribution in [3.05, 3.63) is 39.6 Å². The number of anilines is 2. The van der Waals surface area contributed by atoms with Crippen LogP contribution in [0.25, 0.3) is 11.0 Å². The molecule has 4 aromatic rings. The van der Waals surface area contributed by atoms with Crippen LogP contribution in [0.2, 0.25) is 0 Å². The molecule has 160 valence electrons. The predicted molar refractivity (Wildman–Crippen MR) is 120 cm³/mol. The lowest BCUT2D eigenvalue weighted by Crippen LogP contribution is -2.11. The van der Waals surface area contributed by atoms with Gasteiger partial charge >= 0.3 is 0 Å². The second kappa shape index (κ2) is 9.27. The van der Waals surface area contributed by atoms with Crippen molar-refractivity contribution in [2.24, 2.45) is 0 Å². The number of amides is 2. The first-order chi connectivity index (χ1) is 15.0. The highest BCUT2D eigenvalue weighted by molar-refractivity contribution is 7.15. The number of nitrogens with one attached hydrogen (secondary N) is 3. The van der Waals surface area contributed by atoms with Crippen LogP contribution in [0.3, 0.4) is 0 Å². The summed E-state index contributed by atoms with van der Waals surface area (Å²) in [6.45, 7) is 3.32. The van der Waals surface area contributed by atoms with Gasteiger partial charge in [0.25, 0.3) is 5.91 Å². The molecule has 0 aliphatic carbocycles. The first-order valence-corrected chi connectivity index (χ1v) is 11.3. The maximum atomic E-state index is 12.5. The van der Waals surface area contributed by atoms with Crippen LogP contribution in [-0.4, -0.2) is 42.2 Å². The van der Waals surface area contributed by atoms with Gasteiger partial charge in [-0.3, -0.25) is 14.9 Å². The molecule has 0 bridgehead atoms. The Kier molecular flexibility index (Phi) is 6.28. The number of aryl methyl sites for hydroxylation is 3. The number of hydrogen-bond acceptors (Lipinski definition) is 9. The normalized spacial score (nSPS) is 11.0. The zero-order valence-corrected chi connectivity index (χ0v) is 18.6. The van der Waals surface area contributed by atoms with Crippen molar-refractivity contribution < 1.29 is 9.59 Å². The molecule has 12 heteroatoms. The van der Waals surface area contributed by atoms with Crippen molar-refractivity contribution >= 4 is 55.8 Å². The van der Waals surface area contributed by atoms with E-state index in [0.29, 0.717) is 15.8 Å². The maximum absolute atomic E-state index is 12.5. The number of rotatable bonds is 8. The van der Waals surface area contributed by atoms with Crippen molar-refractivity contribution in [1.82, 2.24) is 30.4 Å². The summed E-state index contributed by atoms with van der Waals surface area (Å²) in [6, 6.07) is 5.33. The molecule has 4 rings (SSSR count). The van der Waals surface area contributed by atoms with Crippen LogP contribution >= 0.6 is 22.7 Å². The molecular formula is C19H20N8O2S2. The van der Waals surface area contributed by atoms with Crippen LogP contribution in [0.5, 0.6) is 0 Å². The fourth-order valence-corrected chi connectivity index (χ4v) is 4.57. The number of H-pyrrole nitrogens is 1. The third kappa shape index (κ3) is 5.47. The van der Waals surface area contributed by atoms with Gasteiger partial charge in [0.05, 0.1) is 11.0 Å². The summed E-state index contributed by atoms with van der Waals surface area (Å²) in [5.41, 5.74) is 2.18. The lowest BCUT2D eigenvalue weighted by Gasteiger charge is -2.01. The van der Waals surface area contributed by atoms with Gasteiger partial charge in [0.1, 0.15) is 15.8 Å². The number of fused-ring (bicyclic) bond motifs is 1. The Morgan fingerprint density at radius 3 is 2.26 bits per heavy atom. The number of carbonyl (C=O) groups excluding carboxylic acids is 2. The Bertz CT molecular complexity index is 1230. The lowest BCUT2D eigenvalue weighted by molar-refractivity contribution is -0.114. The quantitative estimate of drug-likeness (QED) is 0.346. The van der Waals surface area contributed by atoms with Gasteiger partial charge in [-0.2, -0.15) is 0 Å². The van der Waals surface area contributed by atoms with Crippen molar-refractivity contribution in [1.29, 1.82) is 0 Å². The van der Waals surface area contributed by atoms with E-state index in [1.807, 2.05) is 13.0 Å². The van der Waals surface area contributed by atoms with Gasteiger partial charge in [-0.15, -0.1) is 20.4 Å². The molecule has 0 aliphatic heterocycles. The van der Waals surface area contributed by atoms with Crippen molar-refractivity contribution in [3.63, 3.8) is 0 Å². The Morgan fingerprint density at radius 1 is 0.968 bits per heavy atom.